The van der Waals surface area contributed by atoms with E-state index in [1.165, 1.54) is 4.70 Å². The van der Waals surface area contributed by atoms with Crippen molar-refractivity contribution in [2.24, 2.45) is 0 Å². The Balaban J connectivity index is 1.43. The van der Waals surface area contributed by atoms with E-state index < -0.39 is 6.10 Å². The van der Waals surface area contributed by atoms with Crippen LogP contribution >= 0.6 is 11.3 Å². The van der Waals surface area contributed by atoms with Gasteiger partial charge in [-0.1, -0.05) is 42.5 Å². The molecule has 3 rings (SSSR count). The quantitative estimate of drug-likeness (QED) is 0.715. The lowest BCUT2D eigenvalue weighted by atomic mass is 10.2. The molecule has 24 heavy (non-hydrogen) atoms. The van der Waals surface area contributed by atoms with Gasteiger partial charge in [-0.15, -0.1) is 11.3 Å². The molecule has 0 saturated heterocycles. The fourth-order valence-corrected chi connectivity index (χ4v) is 3.30. The van der Waals surface area contributed by atoms with Crippen molar-refractivity contribution >= 4 is 27.5 Å². The molecule has 124 valence electrons. The summed E-state index contributed by atoms with van der Waals surface area (Å²) < 4.78 is 6.79. The summed E-state index contributed by atoms with van der Waals surface area (Å²) in [6.45, 7) is 2.78. The summed E-state index contributed by atoms with van der Waals surface area (Å²) in [6, 6.07) is 17.9. The Morgan fingerprint density at radius 1 is 1.17 bits per heavy atom. The van der Waals surface area contributed by atoms with Crippen molar-refractivity contribution in [1.82, 2.24) is 10.3 Å². The molecule has 0 radical (unpaired) electrons. The predicted octanol–water partition coefficient (Wildman–Crippen LogP) is 3.56. The minimum Gasteiger partial charge on any atom is -0.364 e. The molecule has 0 fully saturated rings. The zero-order valence-electron chi connectivity index (χ0n) is 13.6. The van der Waals surface area contributed by atoms with E-state index in [0.717, 1.165) is 22.5 Å². The number of carbonyl (C=O) groups is 1. The molecule has 0 spiro atoms. The summed E-state index contributed by atoms with van der Waals surface area (Å²) in [6.07, 6.45) is 0.261. The Morgan fingerprint density at radius 2 is 1.92 bits per heavy atom. The smallest absolute Gasteiger partial charge is 0.248 e. The van der Waals surface area contributed by atoms with Gasteiger partial charge in [0.25, 0.3) is 0 Å². The van der Waals surface area contributed by atoms with Crippen LogP contribution in [0.1, 0.15) is 17.5 Å². The lowest BCUT2D eigenvalue weighted by Crippen LogP contribution is -2.35. The number of nitrogens with zero attached hydrogens (tertiary/aromatic N) is 1. The van der Waals surface area contributed by atoms with Crippen molar-refractivity contribution in [2.45, 2.75) is 26.1 Å². The molecule has 5 heteroatoms. The minimum absolute atomic E-state index is 0.0907. The molecule has 1 heterocycles. The van der Waals surface area contributed by atoms with Gasteiger partial charge < -0.3 is 10.1 Å². The van der Waals surface area contributed by atoms with Crippen molar-refractivity contribution in [3.63, 3.8) is 0 Å². The van der Waals surface area contributed by atoms with Gasteiger partial charge in [-0.3, -0.25) is 4.79 Å². The van der Waals surface area contributed by atoms with Crippen LogP contribution in [0.2, 0.25) is 0 Å². The fraction of sp³-hybridized carbons (Fsp3) is 0.263. The highest BCUT2D eigenvalue weighted by atomic mass is 32.1. The molecule has 0 bridgehead atoms. The molecule has 0 saturated carbocycles. The normalized spacial score (nSPS) is 12.2. The van der Waals surface area contributed by atoms with Crippen LogP contribution in [-0.4, -0.2) is 23.5 Å². The van der Waals surface area contributed by atoms with E-state index in [1.54, 1.807) is 18.3 Å². The Labute approximate surface area is 145 Å². The standard InChI is InChI=1S/C19H20N2O2S/c1-14(23-13-15-7-3-2-4-8-15)19(22)20-12-11-18-21-16-9-5-6-10-17(16)24-18/h2-10,14H,11-13H2,1H3,(H,20,22). The van der Waals surface area contributed by atoms with Gasteiger partial charge in [0.2, 0.25) is 5.91 Å². The molecular weight excluding hydrogens is 320 g/mol. The van der Waals surface area contributed by atoms with Crippen LogP contribution < -0.4 is 5.32 Å². The summed E-state index contributed by atoms with van der Waals surface area (Å²) in [5.41, 5.74) is 2.08. The summed E-state index contributed by atoms with van der Waals surface area (Å²) in [5.74, 6) is -0.0907. The summed E-state index contributed by atoms with van der Waals surface area (Å²) in [5, 5.41) is 3.95. The van der Waals surface area contributed by atoms with E-state index >= 15 is 0 Å². The van der Waals surface area contributed by atoms with Crippen LogP contribution in [0.25, 0.3) is 10.2 Å². The zero-order valence-corrected chi connectivity index (χ0v) is 14.4. The molecule has 1 atom stereocenters. The predicted molar refractivity (Wildman–Crippen MR) is 97.0 cm³/mol. The van der Waals surface area contributed by atoms with E-state index in [-0.39, 0.29) is 5.91 Å². The van der Waals surface area contributed by atoms with Crippen LogP contribution in [0.5, 0.6) is 0 Å². The van der Waals surface area contributed by atoms with E-state index in [2.05, 4.69) is 16.4 Å². The second-order valence-corrected chi connectivity index (χ2v) is 6.67. The Hall–Kier alpha value is -2.24. The Bertz CT molecular complexity index is 768. The fourth-order valence-electron chi connectivity index (χ4n) is 2.33. The first-order valence-electron chi connectivity index (χ1n) is 8.00. The first kappa shape index (κ1) is 16.6. The summed E-state index contributed by atoms with van der Waals surface area (Å²) >= 11 is 1.67. The first-order valence-corrected chi connectivity index (χ1v) is 8.82. The van der Waals surface area contributed by atoms with Gasteiger partial charge in [-0.25, -0.2) is 4.98 Å². The van der Waals surface area contributed by atoms with Crippen LogP contribution in [0, 0.1) is 0 Å². The van der Waals surface area contributed by atoms with Crippen molar-refractivity contribution in [1.29, 1.82) is 0 Å². The van der Waals surface area contributed by atoms with Gasteiger partial charge in [0.15, 0.2) is 0 Å². The molecule has 1 N–H and O–H groups in total. The van der Waals surface area contributed by atoms with E-state index in [1.807, 2.05) is 48.5 Å². The third-order valence-corrected chi connectivity index (χ3v) is 4.78. The molecule has 3 aromatic rings. The lowest BCUT2D eigenvalue weighted by Gasteiger charge is -2.13. The summed E-state index contributed by atoms with van der Waals surface area (Å²) in [7, 11) is 0. The number of ether oxygens (including phenoxy) is 1. The van der Waals surface area contributed by atoms with Crippen molar-refractivity contribution in [3.05, 3.63) is 65.2 Å². The number of amides is 1. The lowest BCUT2D eigenvalue weighted by molar-refractivity contribution is -0.132. The average molecular weight is 340 g/mol. The number of hydrogen-bond acceptors (Lipinski definition) is 4. The molecular formula is C19H20N2O2S. The number of fused-ring (bicyclic) bond motifs is 1. The van der Waals surface area contributed by atoms with Crippen molar-refractivity contribution < 1.29 is 9.53 Å². The maximum atomic E-state index is 12.1. The van der Waals surface area contributed by atoms with Crippen LogP contribution in [-0.2, 0) is 22.6 Å². The SMILES string of the molecule is CC(OCc1ccccc1)C(=O)NCCc1nc2ccccc2s1. The first-order chi connectivity index (χ1) is 11.7. The summed E-state index contributed by atoms with van der Waals surface area (Å²) in [4.78, 5) is 16.6. The topological polar surface area (TPSA) is 51.2 Å². The van der Waals surface area contributed by atoms with Crippen molar-refractivity contribution in [2.75, 3.05) is 6.54 Å². The maximum absolute atomic E-state index is 12.1. The second kappa shape index (κ2) is 8.04. The number of benzene rings is 2. The van der Waals surface area contributed by atoms with Gasteiger partial charge in [-0.05, 0) is 24.6 Å². The molecule has 0 aliphatic carbocycles. The number of nitrogens with one attached hydrogen (secondary N) is 1. The third kappa shape index (κ3) is 4.40. The third-order valence-electron chi connectivity index (χ3n) is 3.69. The number of carbonyl (C=O) groups excluding carboxylic acids is 1. The minimum atomic E-state index is -0.472. The molecule has 1 aromatic heterocycles. The number of hydrogen-bond donors (Lipinski definition) is 1. The van der Waals surface area contributed by atoms with E-state index in [4.69, 9.17) is 4.74 Å². The maximum Gasteiger partial charge on any atom is 0.248 e. The van der Waals surface area contributed by atoms with Crippen LogP contribution in [0.4, 0.5) is 0 Å². The highest BCUT2D eigenvalue weighted by molar-refractivity contribution is 7.18. The number of thiazole rings is 1. The van der Waals surface area contributed by atoms with Gasteiger partial charge in [0.1, 0.15) is 6.10 Å². The molecule has 1 unspecified atom stereocenters. The molecule has 2 aromatic carbocycles. The average Bonchev–Trinajstić information content (AvgIpc) is 3.03. The van der Waals surface area contributed by atoms with Gasteiger partial charge in [0, 0.05) is 13.0 Å². The number of rotatable bonds is 7. The largest absolute Gasteiger partial charge is 0.364 e. The van der Waals surface area contributed by atoms with E-state index in [9.17, 15) is 4.79 Å². The van der Waals surface area contributed by atoms with Gasteiger partial charge >= 0.3 is 0 Å². The monoisotopic (exact) mass is 340 g/mol. The highest BCUT2D eigenvalue weighted by Gasteiger charge is 2.13. The Morgan fingerprint density at radius 3 is 2.71 bits per heavy atom. The van der Waals surface area contributed by atoms with Gasteiger partial charge in [0.05, 0.1) is 21.8 Å². The molecule has 0 aliphatic heterocycles. The molecule has 1 amide bonds. The van der Waals surface area contributed by atoms with Crippen molar-refractivity contribution in [3.8, 4) is 0 Å². The zero-order chi connectivity index (χ0) is 16.8. The van der Waals surface area contributed by atoms with E-state index in [0.29, 0.717) is 13.2 Å². The molecule has 4 nitrogen and oxygen atoms in total. The van der Waals surface area contributed by atoms with Crippen LogP contribution in [0.3, 0.4) is 0 Å². The number of aromatic nitrogens is 1. The Kier molecular flexibility index (Phi) is 5.56. The number of para-hydroxylation sites is 1. The molecule has 0 aliphatic rings. The second-order valence-electron chi connectivity index (χ2n) is 5.56. The van der Waals surface area contributed by atoms with Crippen LogP contribution in [0.15, 0.2) is 54.6 Å². The highest BCUT2D eigenvalue weighted by Crippen LogP contribution is 2.21. The van der Waals surface area contributed by atoms with Gasteiger partial charge in [-0.2, -0.15) is 0 Å².